The number of methoxy groups -OCH3 is 1. The predicted octanol–water partition coefficient (Wildman–Crippen LogP) is 2.67. The summed E-state index contributed by atoms with van der Waals surface area (Å²) >= 11 is 0. The number of hydrogen-bond acceptors (Lipinski definition) is 4. The second kappa shape index (κ2) is 5.52. The van der Waals surface area contributed by atoms with E-state index < -0.39 is 5.91 Å². The Hall–Kier alpha value is -2.69. The van der Waals surface area contributed by atoms with Crippen molar-refractivity contribution in [2.45, 2.75) is 6.92 Å². The van der Waals surface area contributed by atoms with Crippen LogP contribution in [0.4, 0.5) is 5.69 Å². The van der Waals surface area contributed by atoms with Gasteiger partial charge >= 0.3 is 0 Å². The van der Waals surface area contributed by atoms with Gasteiger partial charge in [0.1, 0.15) is 17.2 Å². The minimum absolute atomic E-state index is 0.00596. The van der Waals surface area contributed by atoms with Crippen molar-refractivity contribution in [3.8, 4) is 17.2 Å². The van der Waals surface area contributed by atoms with Crippen molar-refractivity contribution in [2.24, 2.45) is 0 Å². The number of hydrogen-bond donors (Lipinski definition) is 3. The molecule has 0 saturated carbocycles. The molecule has 0 bridgehead atoms. The van der Waals surface area contributed by atoms with Gasteiger partial charge in [-0.2, -0.15) is 0 Å². The number of anilines is 1. The lowest BCUT2D eigenvalue weighted by atomic mass is 10.1. The van der Waals surface area contributed by atoms with Crippen LogP contribution in [0, 0.1) is 6.92 Å². The molecule has 0 aliphatic heterocycles. The molecule has 2 aromatic carbocycles. The van der Waals surface area contributed by atoms with E-state index in [1.165, 1.54) is 25.3 Å². The first-order chi connectivity index (χ1) is 9.51. The van der Waals surface area contributed by atoms with Gasteiger partial charge in [0, 0.05) is 0 Å². The molecule has 0 aliphatic rings. The van der Waals surface area contributed by atoms with Crippen molar-refractivity contribution in [2.75, 3.05) is 12.4 Å². The Kier molecular flexibility index (Phi) is 3.79. The minimum atomic E-state index is -0.526. The van der Waals surface area contributed by atoms with Crippen LogP contribution in [-0.2, 0) is 0 Å². The number of phenols is 2. The molecule has 0 heterocycles. The largest absolute Gasteiger partial charge is 0.508 e. The van der Waals surface area contributed by atoms with Crippen LogP contribution in [0.1, 0.15) is 15.9 Å². The third kappa shape index (κ3) is 2.83. The van der Waals surface area contributed by atoms with Gasteiger partial charge in [-0.25, -0.2) is 0 Å². The van der Waals surface area contributed by atoms with E-state index in [1.807, 2.05) is 13.0 Å². The molecule has 2 rings (SSSR count). The summed E-state index contributed by atoms with van der Waals surface area (Å²) in [4.78, 5) is 12.1. The number of carbonyl (C=O) groups is 1. The summed E-state index contributed by atoms with van der Waals surface area (Å²) in [5, 5.41) is 21.7. The number of aryl methyl sites for hydroxylation is 1. The van der Waals surface area contributed by atoms with Gasteiger partial charge in [0.2, 0.25) is 0 Å². The fraction of sp³-hybridized carbons (Fsp3) is 0.133. The lowest BCUT2D eigenvalue weighted by Gasteiger charge is -2.11. The molecule has 0 fully saturated rings. The number of phenolic OH excluding ortho intramolecular Hbond substituents is 2. The number of ether oxygens (including phenoxy) is 1. The first kappa shape index (κ1) is 13.7. The lowest BCUT2D eigenvalue weighted by Crippen LogP contribution is -2.13. The maximum Gasteiger partial charge on any atom is 0.259 e. The average Bonchev–Trinajstić information content (AvgIpc) is 2.41. The van der Waals surface area contributed by atoms with Crippen LogP contribution in [0.2, 0.25) is 0 Å². The molecule has 20 heavy (non-hydrogen) atoms. The summed E-state index contributed by atoms with van der Waals surface area (Å²) in [5.41, 5.74) is 1.45. The zero-order valence-electron chi connectivity index (χ0n) is 11.2. The molecule has 5 nitrogen and oxygen atoms in total. The highest BCUT2D eigenvalue weighted by Gasteiger charge is 2.14. The molecule has 3 N–H and O–H groups in total. The second-order valence-corrected chi connectivity index (χ2v) is 4.36. The summed E-state index contributed by atoms with van der Waals surface area (Å²) in [7, 11) is 1.51. The molecule has 0 saturated heterocycles. The monoisotopic (exact) mass is 273 g/mol. The van der Waals surface area contributed by atoms with Crippen LogP contribution in [0.5, 0.6) is 17.2 Å². The van der Waals surface area contributed by atoms with Crippen molar-refractivity contribution in [3.05, 3.63) is 47.5 Å². The lowest BCUT2D eigenvalue weighted by molar-refractivity contribution is 0.102. The predicted molar refractivity (Wildman–Crippen MR) is 75.5 cm³/mol. The second-order valence-electron chi connectivity index (χ2n) is 4.36. The molecular formula is C15H15NO4. The fourth-order valence-corrected chi connectivity index (χ4v) is 1.82. The molecule has 0 aliphatic carbocycles. The smallest absolute Gasteiger partial charge is 0.259 e. The van der Waals surface area contributed by atoms with E-state index in [0.717, 1.165) is 5.56 Å². The van der Waals surface area contributed by atoms with Gasteiger partial charge in [0.15, 0.2) is 0 Å². The number of nitrogens with one attached hydrogen (secondary N) is 1. The van der Waals surface area contributed by atoms with Crippen LogP contribution in [0.15, 0.2) is 36.4 Å². The van der Waals surface area contributed by atoms with E-state index in [4.69, 9.17) is 4.74 Å². The fourth-order valence-electron chi connectivity index (χ4n) is 1.82. The van der Waals surface area contributed by atoms with Crippen LogP contribution >= 0.6 is 0 Å². The van der Waals surface area contributed by atoms with Gasteiger partial charge in [-0.15, -0.1) is 0 Å². The van der Waals surface area contributed by atoms with Crippen LogP contribution in [0.25, 0.3) is 0 Å². The van der Waals surface area contributed by atoms with E-state index in [-0.39, 0.29) is 17.1 Å². The van der Waals surface area contributed by atoms with Crippen LogP contribution in [-0.4, -0.2) is 23.2 Å². The van der Waals surface area contributed by atoms with Crippen molar-refractivity contribution in [3.63, 3.8) is 0 Å². The first-order valence-electron chi connectivity index (χ1n) is 5.99. The molecule has 104 valence electrons. The summed E-state index contributed by atoms with van der Waals surface area (Å²) in [6.07, 6.45) is 0. The normalized spacial score (nSPS) is 10.1. The van der Waals surface area contributed by atoms with Crippen molar-refractivity contribution >= 4 is 11.6 Å². The summed E-state index contributed by atoms with van der Waals surface area (Å²) in [6.45, 7) is 1.89. The molecule has 0 spiro atoms. The van der Waals surface area contributed by atoms with E-state index in [9.17, 15) is 15.0 Å². The number of rotatable bonds is 3. The van der Waals surface area contributed by atoms with Gasteiger partial charge < -0.3 is 20.3 Å². The molecule has 0 aromatic heterocycles. The highest BCUT2D eigenvalue weighted by atomic mass is 16.5. The van der Waals surface area contributed by atoms with E-state index in [1.54, 1.807) is 12.1 Å². The third-order valence-corrected chi connectivity index (χ3v) is 2.83. The molecular weight excluding hydrogens is 258 g/mol. The standard InChI is InChI=1S/C15H15NO4/c1-9-3-6-14(20-2)12(7-9)16-15(19)11-8-10(17)4-5-13(11)18/h3-8,17-18H,1-2H3,(H,16,19). The number of carbonyl (C=O) groups excluding carboxylic acids is 1. The number of benzene rings is 2. The highest BCUT2D eigenvalue weighted by molar-refractivity contribution is 6.07. The van der Waals surface area contributed by atoms with E-state index in [0.29, 0.717) is 11.4 Å². The van der Waals surface area contributed by atoms with Gasteiger partial charge in [0.05, 0.1) is 18.4 Å². The van der Waals surface area contributed by atoms with Crippen LogP contribution < -0.4 is 10.1 Å². The quantitative estimate of drug-likeness (QED) is 0.751. The zero-order chi connectivity index (χ0) is 14.7. The Morgan fingerprint density at radius 1 is 1.15 bits per heavy atom. The van der Waals surface area contributed by atoms with Crippen molar-refractivity contribution in [1.29, 1.82) is 0 Å². The minimum Gasteiger partial charge on any atom is -0.508 e. The van der Waals surface area contributed by atoms with Gasteiger partial charge in [-0.3, -0.25) is 4.79 Å². The van der Waals surface area contributed by atoms with Gasteiger partial charge in [0.25, 0.3) is 5.91 Å². The average molecular weight is 273 g/mol. The Morgan fingerprint density at radius 3 is 2.60 bits per heavy atom. The van der Waals surface area contributed by atoms with Crippen molar-refractivity contribution in [1.82, 2.24) is 0 Å². The Balaban J connectivity index is 2.32. The highest BCUT2D eigenvalue weighted by Crippen LogP contribution is 2.28. The van der Waals surface area contributed by atoms with E-state index in [2.05, 4.69) is 5.32 Å². The Bertz CT molecular complexity index is 652. The molecule has 0 unspecified atom stereocenters. The Labute approximate surface area is 116 Å². The topological polar surface area (TPSA) is 78.8 Å². The molecule has 0 atom stereocenters. The molecule has 2 aromatic rings. The summed E-state index contributed by atoms with van der Waals surface area (Å²) in [5.74, 6) is -0.304. The molecule has 0 radical (unpaired) electrons. The number of amides is 1. The number of aromatic hydroxyl groups is 2. The maximum absolute atomic E-state index is 12.1. The summed E-state index contributed by atoms with van der Waals surface area (Å²) < 4.78 is 5.16. The third-order valence-electron chi connectivity index (χ3n) is 2.83. The van der Waals surface area contributed by atoms with Crippen molar-refractivity contribution < 1.29 is 19.7 Å². The van der Waals surface area contributed by atoms with E-state index >= 15 is 0 Å². The van der Waals surface area contributed by atoms with Gasteiger partial charge in [-0.05, 0) is 42.8 Å². The Morgan fingerprint density at radius 2 is 1.90 bits per heavy atom. The molecule has 1 amide bonds. The first-order valence-corrected chi connectivity index (χ1v) is 5.99. The summed E-state index contributed by atoms with van der Waals surface area (Å²) in [6, 6.07) is 9.13. The maximum atomic E-state index is 12.1. The zero-order valence-corrected chi connectivity index (χ0v) is 11.2. The molecule has 5 heteroatoms. The van der Waals surface area contributed by atoms with Gasteiger partial charge in [-0.1, -0.05) is 6.07 Å². The SMILES string of the molecule is COc1ccc(C)cc1NC(=O)c1cc(O)ccc1O. The van der Waals surface area contributed by atoms with Crippen LogP contribution in [0.3, 0.4) is 0 Å².